The maximum atomic E-state index is 13.5. The van der Waals surface area contributed by atoms with E-state index in [1.165, 1.54) is 49.7 Å². The van der Waals surface area contributed by atoms with Gasteiger partial charge in [0.15, 0.2) is 6.61 Å². The van der Waals surface area contributed by atoms with Gasteiger partial charge < -0.3 is 14.8 Å². The van der Waals surface area contributed by atoms with Crippen LogP contribution in [0.15, 0.2) is 113 Å². The number of hydrogen-bond acceptors (Lipinski definition) is 7. The lowest BCUT2D eigenvalue weighted by Crippen LogP contribution is -2.39. The quantitative estimate of drug-likeness (QED) is 0.188. The number of amides is 2. The third-order valence-electron chi connectivity index (χ3n) is 5.75. The fourth-order valence-corrected chi connectivity index (χ4v) is 5.18. The van der Waals surface area contributed by atoms with Crippen molar-refractivity contribution in [3.05, 3.63) is 115 Å². The van der Waals surface area contributed by atoms with Crippen molar-refractivity contribution < 1.29 is 31.9 Å². The summed E-state index contributed by atoms with van der Waals surface area (Å²) in [6.07, 6.45) is 1.38. The van der Waals surface area contributed by atoms with Gasteiger partial charge in [-0.25, -0.2) is 18.2 Å². The number of benzene rings is 4. The highest BCUT2D eigenvalue weighted by Gasteiger charge is 2.29. The predicted octanol–water partition coefficient (Wildman–Crippen LogP) is 4.20. The maximum Gasteiger partial charge on any atom is 0.264 e. The van der Waals surface area contributed by atoms with Crippen molar-refractivity contribution in [1.29, 1.82) is 0 Å². The molecule has 4 aromatic carbocycles. The number of anilines is 2. The molecule has 10 nitrogen and oxygen atoms in total. The van der Waals surface area contributed by atoms with E-state index in [-0.39, 0.29) is 22.9 Å². The first-order valence-electron chi connectivity index (χ1n) is 12.6. The van der Waals surface area contributed by atoms with Crippen molar-refractivity contribution in [3.8, 4) is 11.5 Å². The van der Waals surface area contributed by atoms with Crippen LogP contribution >= 0.6 is 0 Å². The third kappa shape index (κ3) is 7.92. The third-order valence-corrected chi connectivity index (χ3v) is 7.53. The smallest absolute Gasteiger partial charge is 0.264 e. The molecule has 12 heteroatoms. The fourth-order valence-electron chi connectivity index (χ4n) is 3.73. The SMILES string of the molecule is COc1ccccc1N(CC(=O)N/N=C\c1ccc(OCC(=O)Nc2ccc(F)cc2)cc1)S(=O)(=O)c1ccccc1. The number of nitrogens with one attached hydrogen (secondary N) is 2. The molecule has 0 heterocycles. The van der Waals surface area contributed by atoms with Crippen molar-refractivity contribution in [1.82, 2.24) is 5.43 Å². The van der Waals surface area contributed by atoms with E-state index in [9.17, 15) is 22.4 Å². The lowest BCUT2D eigenvalue weighted by Gasteiger charge is -2.25. The molecule has 0 fully saturated rings. The molecule has 0 saturated heterocycles. The van der Waals surface area contributed by atoms with E-state index in [4.69, 9.17) is 9.47 Å². The molecular formula is C30H27FN4O6S. The molecule has 0 aliphatic heterocycles. The first kappa shape index (κ1) is 29.7. The summed E-state index contributed by atoms with van der Waals surface area (Å²) < 4.78 is 51.7. The summed E-state index contributed by atoms with van der Waals surface area (Å²) in [6, 6.07) is 26.2. The van der Waals surface area contributed by atoms with Gasteiger partial charge in [0, 0.05) is 5.69 Å². The van der Waals surface area contributed by atoms with E-state index < -0.39 is 34.2 Å². The molecule has 0 aliphatic rings. The largest absolute Gasteiger partial charge is 0.495 e. The molecule has 0 bridgehead atoms. The Hall–Kier alpha value is -5.23. The normalized spacial score (nSPS) is 11.1. The Kier molecular flexibility index (Phi) is 9.85. The summed E-state index contributed by atoms with van der Waals surface area (Å²) in [6.45, 7) is -0.808. The van der Waals surface area contributed by atoms with Gasteiger partial charge >= 0.3 is 0 Å². The van der Waals surface area contributed by atoms with Crippen LogP contribution in [0.3, 0.4) is 0 Å². The van der Waals surface area contributed by atoms with Crippen LogP contribution in [0.25, 0.3) is 0 Å². The van der Waals surface area contributed by atoms with Crippen molar-refractivity contribution in [2.24, 2.45) is 5.10 Å². The van der Waals surface area contributed by atoms with Gasteiger partial charge in [0.05, 0.1) is 23.9 Å². The number of hydrazone groups is 1. The zero-order valence-corrected chi connectivity index (χ0v) is 23.3. The number of halogens is 1. The van der Waals surface area contributed by atoms with Crippen molar-refractivity contribution in [2.75, 3.05) is 29.9 Å². The second-order valence-corrected chi connectivity index (χ2v) is 10.6. The monoisotopic (exact) mass is 590 g/mol. The van der Waals surface area contributed by atoms with Gasteiger partial charge in [-0.2, -0.15) is 5.10 Å². The summed E-state index contributed by atoms with van der Waals surface area (Å²) in [5, 5.41) is 6.53. The van der Waals surface area contributed by atoms with E-state index >= 15 is 0 Å². The van der Waals surface area contributed by atoms with Gasteiger partial charge in [0.25, 0.3) is 21.8 Å². The van der Waals surface area contributed by atoms with Crippen molar-refractivity contribution in [3.63, 3.8) is 0 Å². The van der Waals surface area contributed by atoms with Gasteiger partial charge in [0.1, 0.15) is 23.9 Å². The second-order valence-electron chi connectivity index (χ2n) is 8.70. The van der Waals surface area contributed by atoms with Crippen LogP contribution in [-0.2, 0) is 19.6 Å². The number of nitrogens with zero attached hydrogens (tertiary/aromatic N) is 2. The van der Waals surface area contributed by atoms with Gasteiger partial charge in [0.2, 0.25) is 0 Å². The molecule has 0 saturated carbocycles. The number of methoxy groups -OCH3 is 1. The first-order valence-corrected chi connectivity index (χ1v) is 14.0. The summed E-state index contributed by atoms with van der Waals surface area (Å²) >= 11 is 0. The molecule has 2 amide bonds. The summed E-state index contributed by atoms with van der Waals surface area (Å²) in [5.74, 6) is -0.791. The molecule has 216 valence electrons. The fraction of sp³-hybridized carbons (Fsp3) is 0.100. The minimum atomic E-state index is -4.11. The molecule has 4 aromatic rings. The number of ether oxygens (including phenoxy) is 2. The molecule has 0 spiro atoms. The highest BCUT2D eigenvalue weighted by atomic mass is 32.2. The van der Waals surface area contributed by atoms with E-state index in [1.54, 1.807) is 66.7 Å². The topological polar surface area (TPSA) is 126 Å². The summed E-state index contributed by atoms with van der Waals surface area (Å²) in [4.78, 5) is 24.9. The molecule has 4 rings (SSSR count). The lowest BCUT2D eigenvalue weighted by molar-refractivity contribution is -0.119. The molecule has 0 radical (unpaired) electrons. The average Bonchev–Trinajstić information content (AvgIpc) is 3.01. The van der Waals surface area contributed by atoms with Crippen molar-refractivity contribution >= 4 is 39.4 Å². The molecule has 42 heavy (non-hydrogen) atoms. The Morgan fingerprint density at radius 2 is 1.55 bits per heavy atom. The molecule has 2 N–H and O–H groups in total. The van der Waals surface area contributed by atoms with Crippen LogP contribution in [0.2, 0.25) is 0 Å². The Morgan fingerprint density at radius 1 is 0.881 bits per heavy atom. The van der Waals surface area contributed by atoms with Crippen LogP contribution in [0.1, 0.15) is 5.56 Å². The number of sulfonamides is 1. The highest BCUT2D eigenvalue weighted by molar-refractivity contribution is 7.92. The van der Waals surface area contributed by atoms with E-state index in [0.717, 1.165) is 4.31 Å². The molecular weight excluding hydrogens is 563 g/mol. The number of carbonyl (C=O) groups is 2. The maximum absolute atomic E-state index is 13.5. The van der Waals surface area contributed by atoms with Crippen molar-refractivity contribution in [2.45, 2.75) is 4.90 Å². The molecule has 0 aliphatic carbocycles. The Bertz CT molecular complexity index is 1650. The van der Waals surface area contributed by atoms with Crippen LogP contribution < -0.4 is 24.5 Å². The molecule has 0 unspecified atom stereocenters. The van der Waals surface area contributed by atoms with E-state index in [1.807, 2.05) is 0 Å². The molecule has 0 atom stereocenters. The minimum absolute atomic E-state index is 0.0162. The Labute approximate surface area is 242 Å². The van der Waals surface area contributed by atoms with Gasteiger partial charge in [-0.3, -0.25) is 13.9 Å². The predicted molar refractivity (Wildman–Crippen MR) is 157 cm³/mol. The first-order chi connectivity index (χ1) is 20.3. The zero-order chi connectivity index (χ0) is 30.0. The zero-order valence-electron chi connectivity index (χ0n) is 22.4. The number of carbonyl (C=O) groups excluding carboxylic acids is 2. The Morgan fingerprint density at radius 3 is 2.24 bits per heavy atom. The van der Waals surface area contributed by atoms with Gasteiger partial charge in [-0.05, 0) is 78.4 Å². The number of hydrogen-bond donors (Lipinski definition) is 2. The van der Waals surface area contributed by atoms with Crippen LogP contribution in [0.5, 0.6) is 11.5 Å². The van der Waals surface area contributed by atoms with Crippen LogP contribution in [0.4, 0.5) is 15.8 Å². The second kappa shape index (κ2) is 13.9. The summed E-state index contributed by atoms with van der Waals surface area (Å²) in [5.41, 5.74) is 3.60. The minimum Gasteiger partial charge on any atom is -0.495 e. The van der Waals surface area contributed by atoms with Crippen LogP contribution in [0, 0.1) is 5.82 Å². The molecule has 0 aromatic heterocycles. The standard InChI is InChI=1S/C30H27FN4O6S/c1-40-28-10-6-5-9-27(28)35(42(38,39)26-7-3-2-4-8-26)20-29(36)34-32-19-22-11-17-25(18-12-22)41-21-30(37)33-24-15-13-23(31)14-16-24/h2-19H,20-21H2,1H3,(H,33,37)(H,34,36)/b32-19-. The van der Waals surface area contributed by atoms with Crippen LogP contribution in [-0.4, -0.2) is 46.7 Å². The lowest BCUT2D eigenvalue weighted by atomic mass is 10.2. The van der Waals surface area contributed by atoms with E-state index in [0.29, 0.717) is 17.0 Å². The van der Waals surface area contributed by atoms with Gasteiger partial charge in [-0.1, -0.05) is 30.3 Å². The highest BCUT2D eigenvalue weighted by Crippen LogP contribution is 2.32. The van der Waals surface area contributed by atoms with Gasteiger partial charge in [-0.15, -0.1) is 0 Å². The van der Waals surface area contributed by atoms with E-state index in [2.05, 4.69) is 15.8 Å². The average molecular weight is 591 g/mol. The summed E-state index contributed by atoms with van der Waals surface area (Å²) in [7, 11) is -2.70. The number of rotatable bonds is 12. The Balaban J connectivity index is 1.36. The number of para-hydroxylation sites is 2.